The zero-order valence-electron chi connectivity index (χ0n) is 5.06. The fourth-order valence-corrected chi connectivity index (χ4v) is 0. The highest BCUT2D eigenvalue weighted by molar-refractivity contribution is 6.92. The Balaban J connectivity index is 0. The third kappa shape index (κ3) is 4.44. The summed E-state index contributed by atoms with van der Waals surface area (Å²) in [7, 11) is 0. The molecule has 0 rings (SSSR count). The number of hydrogen-bond donors (Lipinski definition) is 2. The maximum atomic E-state index is 11.7. The van der Waals surface area contributed by atoms with E-state index in [4.69, 9.17) is 10.2 Å². The number of rotatable bonds is 1. The summed E-state index contributed by atoms with van der Waals surface area (Å²) < 4.78 is 11.7. The van der Waals surface area contributed by atoms with E-state index in [1.807, 2.05) is 0 Å². The van der Waals surface area contributed by atoms with Crippen LogP contribution in [0.4, 0.5) is 4.39 Å². The summed E-state index contributed by atoms with van der Waals surface area (Å²) in [6.07, 6.45) is -1.59. The Morgan fingerprint density at radius 2 is 1.62 bits per heavy atom. The Labute approximate surface area is 51.3 Å². The van der Waals surface area contributed by atoms with Crippen LogP contribution in [-0.4, -0.2) is 22.2 Å². The molecule has 2 nitrogen and oxygen atoms in total. The lowest BCUT2D eigenvalue weighted by molar-refractivity contribution is -0.185. The van der Waals surface area contributed by atoms with Gasteiger partial charge >= 0.3 is 0 Å². The molecule has 0 aliphatic rings. The molecule has 0 heterocycles. The second-order valence-corrected chi connectivity index (χ2v) is 1.71. The van der Waals surface area contributed by atoms with Crippen molar-refractivity contribution in [1.29, 1.82) is 0 Å². The van der Waals surface area contributed by atoms with Crippen molar-refractivity contribution < 1.29 is 14.6 Å². The first kappa shape index (κ1) is 11.1. The molecule has 0 aliphatic heterocycles. The van der Waals surface area contributed by atoms with Crippen LogP contribution in [0.5, 0.6) is 0 Å². The van der Waals surface area contributed by atoms with Crippen LogP contribution in [0.2, 0.25) is 0 Å². The van der Waals surface area contributed by atoms with Gasteiger partial charge in [-0.1, -0.05) is 0 Å². The van der Waals surface area contributed by atoms with E-state index in [9.17, 15) is 4.39 Å². The molecule has 0 radical (unpaired) electrons. The lowest BCUT2D eigenvalue weighted by Crippen LogP contribution is -2.33. The van der Waals surface area contributed by atoms with Crippen molar-refractivity contribution in [2.24, 2.45) is 0 Å². The largest absolute Gasteiger partial charge is 0.364 e. The Hall–Kier alpha value is 0.280. The van der Waals surface area contributed by atoms with Gasteiger partial charge in [-0.25, -0.2) is 4.39 Å². The number of hydrogen-bond acceptors (Lipinski definition) is 2. The molecule has 0 amide bonds. The van der Waals surface area contributed by atoms with E-state index in [2.05, 4.69) is 0 Å². The fourth-order valence-electron chi connectivity index (χ4n) is 0. The van der Waals surface area contributed by atoms with E-state index in [0.717, 1.165) is 13.8 Å². The van der Waals surface area contributed by atoms with Crippen molar-refractivity contribution in [2.75, 3.05) is 0 Å². The third-order valence-electron chi connectivity index (χ3n) is 0.754. The van der Waals surface area contributed by atoms with E-state index in [0.29, 0.717) is 0 Å². The lowest BCUT2D eigenvalue weighted by Gasteiger charge is -2.15. The highest BCUT2D eigenvalue weighted by Gasteiger charge is 2.23. The molecule has 2 N–H and O–H groups in total. The summed E-state index contributed by atoms with van der Waals surface area (Å²) in [6.45, 7) is 2.08. The summed E-state index contributed by atoms with van der Waals surface area (Å²) in [5.74, 6) is -2.17. The standard InChI is InChI=1S/C4H9FO2.H3P/c1-3(5)4(2,6)7;/h3,6-7H,1-2H3;1H3. The van der Waals surface area contributed by atoms with E-state index < -0.39 is 12.0 Å². The minimum Gasteiger partial charge on any atom is -0.364 e. The van der Waals surface area contributed by atoms with Gasteiger partial charge in [0.15, 0.2) is 12.0 Å². The predicted molar refractivity (Wildman–Crippen MR) is 34.5 cm³/mol. The molecule has 4 heteroatoms. The van der Waals surface area contributed by atoms with Crippen molar-refractivity contribution in [3.05, 3.63) is 0 Å². The zero-order chi connectivity index (χ0) is 6.08. The zero-order valence-corrected chi connectivity index (χ0v) is 6.47. The van der Waals surface area contributed by atoms with Gasteiger partial charge in [-0.2, -0.15) is 9.90 Å². The van der Waals surface area contributed by atoms with Crippen LogP contribution in [0.1, 0.15) is 13.8 Å². The van der Waals surface area contributed by atoms with Crippen LogP contribution in [0.15, 0.2) is 0 Å². The average molecular weight is 142 g/mol. The van der Waals surface area contributed by atoms with Crippen molar-refractivity contribution in [3.8, 4) is 0 Å². The SMILES string of the molecule is CC(F)C(C)(O)O.P. The fraction of sp³-hybridized carbons (Fsp3) is 1.00. The highest BCUT2D eigenvalue weighted by atomic mass is 31.0. The average Bonchev–Trinajstić information content (AvgIpc) is 1.31. The normalized spacial score (nSPS) is 14.6. The molecule has 0 aromatic rings. The molecule has 52 valence electrons. The van der Waals surface area contributed by atoms with Crippen LogP contribution >= 0.6 is 9.90 Å². The maximum Gasteiger partial charge on any atom is 0.191 e. The molecule has 0 saturated heterocycles. The van der Waals surface area contributed by atoms with Gasteiger partial charge in [0.05, 0.1) is 0 Å². The molecule has 2 atom stereocenters. The molecular formula is C4H12FO2P. The van der Waals surface area contributed by atoms with E-state index in [1.54, 1.807) is 0 Å². The van der Waals surface area contributed by atoms with Gasteiger partial charge in [-0.3, -0.25) is 0 Å². The Morgan fingerprint density at radius 3 is 1.62 bits per heavy atom. The van der Waals surface area contributed by atoms with Gasteiger partial charge < -0.3 is 10.2 Å². The summed E-state index contributed by atoms with van der Waals surface area (Å²) >= 11 is 0. The van der Waals surface area contributed by atoms with Crippen molar-refractivity contribution in [2.45, 2.75) is 25.8 Å². The number of halogens is 1. The highest BCUT2D eigenvalue weighted by Crippen LogP contribution is 2.06. The van der Waals surface area contributed by atoms with Crippen molar-refractivity contribution in [1.82, 2.24) is 0 Å². The van der Waals surface area contributed by atoms with Crippen molar-refractivity contribution >= 4 is 9.90 Å². The minimum absolute atomic E-state index is 0. The first-order chi connectivity index (χ1) is 2.94. The molecule has 2 unspecified atom stereocenters. The Bertz CT molecular complexity index is 59.5. The van der Waals surface area contributed by atoms with Gasteiger partial charge in [0.25, 0.3) is 0 Å². The predicted octanol–water partition coefficient (Wildman–Crippen LogP) is 0.103. The van der Waals surface area contributed by atoms with E-state index >= 15 is 0 Å². The van der Waals surface area contributed by atoms with Crippen LogP contribution < -0.4 is 0 Å². The van der Waals surface area contributed by atoms with Crippen molar-refractivity contribution in [3.63, 3.8) is 0 Å². The quantitative estimate of drug-likeness (QED) is 0.402. The smallest absolute Gasteiger partial charge is 0.191 e. The van der Waals surface area contributed by atoms with Gasteiger partial charge in [-0.05, 0) is 13.8 Å². The molecule has 0 spiro atoms. The minimum atomic E-state index is -2.17. The first-order valence-corrected chi connectivity index (χ1v) is 2.03. The lowest BCUT2D eigenvalue weighted by atomic mass is 10.2. The van der Waals surface area contributed by atoms with Gasteiger partial charge in [0, 0.05) is 0 Å². The van der Waals surface area contributed by atoms with Crippen LogP contribution in [-0.2, 0) is 0 Å². The molecular weight excluding hydrogens is 130 g/mol. The molecule has 0 saturated carbocycles. The first-order valence-electron chi connectivity index (χ1n) is 2.03. The molecule has 8 heavy (non-hydrogen) atoms. The van der Waals surface area contributed by atoms with Crippen LogP contribution in [0.25, 0.3) is 0 Å². The second kappa shape index (κ2) is 3.33. The van der Waals surface area contributed by atoms with Gasteiger partial charge in [-0.15, -0.1) is 0 Å². The van der Waals surface area contributed by atoms with Crippen LogP contribution in [0.3, 0.4) is 0 Å². The number of alkyl halides is 1. The maximum absolute atomic E-state index is 11.7. The monoisotopic (exact) mass is 142 g/mol. The third-order valence-corrected chi connectivity index (χ3v) is 0.754. The molecule has 0 aromatic heterocycles. The molecule has 0 aromatic carbocycles. The Morgan fingerprint density at radius 1 is 1.50 bits per heavy atom. The molecule has 0 aliphatic carbocycles. The Kier molecular flexibility index (Phi) is 4.64. The summed E-state index contributed by atoms with van der Waals surface area (Å²) in [5.41, 5.74) is 0. The van der Waals surface area contributed by atoms with Gasteiger partial charge in [0.2, 0.25) is 0 Å². The topological polar surface area (TPSA) is 40.5 Å². The van der Waals surface area contributed by atoms with E-state index in [1.165, 1.54) is 0 Å². The number of aliphatic hydroxyl groups is 2. The van der Waals surface area contributed by atoms with Crippen LogP contribution in [0, 0.1) is 0 Å². The van der Waals surface area contributed by atoms with E-state index in [-0.39, 0.29) is 9.90 Å². The molecule has 0 bridgehead atoms. The summed E-state index contributed by atoms with van der Waals surface area (Å²) in [5, 5.41) is 16.6. The summed E-state index contributed by atoms with van der Waals surface area (Å²) in [6, 6.07) is 0. The second-order valence-electron chi connectivity index (χ2n) is 1.71. The molecule has 0 fully saturated rings. The van der Waals surface area contributed by atoms with Gasteiger partial charge in [0.1, 0.15) is 0 Å². The summed E-state index contributed by atoms with van der Waals surface area (Å²) in [4.78, 5) is 0.